The zero-order valence-corrected chi connectivity index (χ0v) is 17.7. The summed E-state index contributed by atoms with van der Waals surface area (Å²) in [7, 11) is 1.51. The van der Waals surface area contributed by atoms with E-state index in [2.05, 4.69) is 5.32 Å². The van der Waals surface area contributed by atoms with Crippen molar-refractivity contribution in [1.82, 2.24) is 10.2 Å². The Hall–Kier alpha value is -2.97. The van der Waals surface area contributed by atoms with E-state index in [-0.39, 0.29) is 36.7 Å². The van der Waals surface area contributed by atoms with Crippen LogP contribution in [0.4, 0.5) is 4.79 Å². The molecule has 2 aromatic rings. The Bertz CT molecular complexity index is 978. The summed E-state index contributed by atoms with van der Waals surface area (Å²) >= 11 is 6.72. The number of imide groups is 1. The number of hydrogen-bond donors (Lipinski definition) is 1. The quantitative estimate of drug-likeness (QED) is 0.624. The Morgan fingerprint density at radius 1 is 1.13 bits per heavy atom. The number of carbonyl (C=O) groups is 3. The van der Waals surface area contributed by atoms with Gasteiger partial charge in [-0.15, -0.1) is 0 Å². The molecule has 1 fully saturated rings. The summed E-state index contributed by atoms with van der Waals surface area (Å²) in [4.78, 5) is 38.1. The van der Waals surface area contributed by atoms with Crippen molar-refractivity contribution in [3.63, 3.8) is 0 Å². The van der Waals surface area contributed by atoms with Gasteiger partial charge in [0.2, 0.25) is 0 Å². The van der Waals surface area contributed by atoms with E-state index in [0.717, 1.165) is 22.2 Å². The fraction of sp³-hybridized carbons (Fsp3) is 0.190. The summed E-state index contributed by atoms with van der Waals surface area (Å²) < 4.78 is 10.6. The number of benzene rings is 2. The van der Waals surface area contributed by atoms with Crippen LogP contribution in [0.3, 0.4) is 0 Å². The van der Waals surface area contributed by atoms with Gasteiger partial charge >= 0.3 is 0 Å². The second-order valence-electron chi connectivity index (χ2n) is 6.17. The van der Waals surface area contributed by atoms with Crippen molar-refractivity contribution in [2.75, 3.05) is 26.8 Å². The number of thioether (sulfide) groups is 1. The largest absolute Gasteiger partial charge is 0.493 e. The molecule has 9 heteroatoms. The van der Waals surface area contributed by atoms with Crippen LogP contribution in [0.5, 0.6) is 11.5 Å². The number of para-hydroxylation sites is 2. The van der Waals surface area contributed by atoms with Gasteiger partial charge in [-0.2, -0.15) is 0 Å². The highest BCUT2D eigenvalue weighted by atomic mass is 35.5. The monoisotopic (exact) mass is 446 g/mol. The summed E-state index contributed by atoms with van der Waals surface area (Å²) in [6.07, 6.45) is 1.64. The highest BCUT2D eigenvalue weighted by Crippen LogP contribution is 2.32. The molecule has 1 N–H and O–H groups in total. The van der Waals surface area contributed by atoms with Crippen LogP contribution < -0.4 is 14.8 Å². The van der Waals surface area contributed by atoms with E-state index in [9.17, 15) is 14.4 Å². The van der Waals surface area contributed by atoms with Crippen LogP contribution in [0.15, 0.2) is 53.4 Å². The molecule has 3 rings (SSSR count). The molecular formula is C21H19ClN2O5S. The molecule has 1 aliphatic heterocycles. The highest BCUT2D eigenvalue weighted by molar-refractivity contribution is 8.18. The van der Waals surface area contributed by atoms with E-state index >= 15 is 0 Å². The summed E-state index contributed by atoms with van der Waals surface area (Å²) in [5, 5.41) is 2.85. The molecule has 0 radical (unpaired) electrons. The number of amides is 3. The van der Waals surface area contributed by atoms with Gasteiger partial charge < -0.3 is 14.8 Å². The van der Waals surface area contributed by atoms with Gasteiger partial charge in [0.1, 0.15) is 0 Å². The van der Waals surface area contributed by atoms with E-state index in [4.69, 9.17) is 21.1 Å². The molecule has 156 valence electrons. The van der Waals surface area contributed by atoms with Gasteiger partial charge in [-0.25, -0.2) is 0 Å². The number of rotatable bonds is 8. The SMILES string of the molecule is COc1ccccc1OCC(=O)NCCN1C(=O)S/C(=C\c2ccc(Cl)cc2)C1=O. The fourth-order valence-corrected chi connectivity index (χ4v) is 3.63. The lowest BCUT2D eigenvalue weighted by Crippen LogP contribution is -2.38. The third kappa shape index (κ3) is 5.55. The maximum Gasteiger partial charge on any atom is 0.293 e. The standard InChI is InChI=1S/C21H19ClN2O5S/c1-28-16-4-2-3-5-17(16)29-13-19(25)23-10-11-24-20(26)18(30-21(24)27)12-14-6-8-15(22)9-7-14/h2-9,12H,10-11,13H2,1H3,(H,23,25)/b18-12-. The molecule has 0 saturated carbocycles. The number of nitrogens with one attached hydrogen (secondary N) is 1. The third-order valence-corrected chi connectivity index (χ3v) is 5.29. The molecule has 2 aromatic carbocycles. The second-order valence-corrected chi connectivity index (χ2v) is 7.60. The maximum atomic E-state index is 12.5. The first-order chi connectivity index (χ1) is 14.5. The molecule has 3 amide bonds. The Kier molecular flexibility index (Phi) is 7.37. The normalized spacial score (nSPS) is 14.9. The summed E-state index contributed by atoms with van der Waals surface area (Å²) in [6, 6.07) is 13.9. The number of halogens is 1. The molecule has 0 atom stereocenters. The molecule has 1 saturated heterocycles. The van der Waals surface area contributed by atoms with Crippen LogP contribution in [0.2, 0.25) is 5.02 Å². The minimum Gasteiger partial charge on any atom is -0.493 e. The van der Waals surface area contributed by atoms with Crippen molar-refractivity contribution in [3.05, 3.63) is 64.0 Å². The van der Waals surface area contributed by atoms with E-state index in [0.29, 0.717) is 21.4 Å². The van der Waals surface area contributed by atoms with Gasteiger partial charge in [0, 0.05) is 18.1 Å². The summed E-state index contributed by atoms with van der Waals surface area (Å²) in [6.45, 7) is -0.0118. The van der Waals surface area contributed by atoms with Crippen LogP contribution in [0, 0.1) is 0 Å². The van der Waals surface area contributed by atoms with E-state index in [1.54, 1.807) is 54.6 Å². The maximum absolute atomic E-state index is 12.5. The molecular weight excluding hydrogens is 428 g/mol. The van der Waals surface area contributed by atoms with Crippen LogP contribution in [0.1, 0.15) is 5.56 Å². The number of carbonyl (C=O) groups excluding carboxylic acids is 3. The first-order valence-electron chi connectivity index (χ1n) is 9.01. The van der Waals surface area contributed by atoms with E-state index in [1.165, 1.54) is 7.11 Å². The van der Waals surface area contributed by atoms with Crippen LogP contribution in [-0.4, -0.2) is 48.8 Å². The van der Waals surface area contributed by atoms with Crippen molar-refractivity contribution in [2.45, 2.75) is 0 Å². The smallest absolute Gasteiger partial charge is 0.293 e. The molecule has 0 aliphatic carbocycles. The zero-order valence-electron chi connectivity index (χ0n) is 16.1. The molecule has 0 aromatic heterocycles. The van der Waals surface area contributed by atoms with Crippen LogP contribution in [0.25, 0.3) is 6.08 Å². The Balaban J connectivity index is 1.48. The third-order valence-electron chi connectivity index (χ3n) is 4.13. The van der Waals surface area contributed by atoms with Crippen molar-refractivity contribution >= 4 is 46.5 Å². The van der Waals surface area contributed by atoms with Crippen molar-refractivity contribution < 1.29 is 23.9 Å². The van der Waals surface area contributed by atoms with Crippen LogP contribution >= 0.6 is 23.4 Å². The summed E-state index contributed by atoms with van der Waals surface area (Å²) in [5.41, 5.74) is 0.770. The molecule has 30 heavy (non-hydrogen) atoms. The predicted molar refractivity (Wildman–Crippen MR) is 116 cm³/mol. The molecule has 1 aliphatic rings. The minimum absolute atomic E-state index is 0.0724. The van der Waals surface area contributed by atoms with Crippen molar-refractivity contribution in [1.29, 1.82) is 0 Å². The lowest BCUT2D eigenvalue weighted by molar-refractivity contribution is -0.125. The van der Waals surface area contributed by atoms with Crippen molar-refractivity contribution in [3.8, 4) is 11.5 Å². The summed E-state index contributed by atoms with van der Waals surface area (Å²) in [5.74, 6) is 0.216. The van der Waals surface area contributed by atoms with Gasteiger partial charge in [0.05, 0.1) is 12.0 Å². The number of hydrogen-bond acceptors (Lipinski definition) is 6. The Morgan fingerprint density at radius 3 is 2.53 bits per heavy atom. The van der Waals surface area contributed by atoms with Crippen molar-refractivity contribution in [2.24, 2.45) is 0 Å². The molecule has 0 spiro atoms. The molecule has 1 heterocycles. The van der Waals surface area contributed by atoms with Gasteiger partial charge in [0.25, 0.3) is 17.1 Å². The average molecular weight is 447 g/mol. The predicted octanol–water partition coefficient (Wildman–Crippen LogP) is 3.58. The fourth-order valence-electron chi connectivity index (χ4n) is 2.64. The topological polar surface area (TPSA) is 84.9 Å². The Labute approximate surface area is 183 Å². The second kappa shape index (κ2) is 10.2. The lowest BCUT2D eigenvalue weighted by atomic mass is 10.2. The van der Waals surface area contributed by atoms with E-state index < -0.39 is 0 Å². The molecule has 0 bridgehead atoms. The number of ether oxygens (including phenoxy) is 2. The Morgan fingerprint density at radius 2 is 1.83 bits per heavy atom. The first-order valence-corrected chi connectivity index (χ1v) is 10.2. The average Bonchev–Trinajstić information content (AvgIpc) is 3.01. The highest BCUT2D eigenvalue weighted by Gasteiger charge is 2.34. The first kappa shape index (κ1) is 21.7. The van der Waals surface area contributed by atoms with E-state index in [1.807, 2.05) is 0 Å². The molecule has 0 unspecified atom stereocenters. The number of nitrogens with zero attached hydrogens (tertiary/aromatic N) is 1. The van der Waals surface area contributed by atoms with Gasteiger partial charge in [-0.1, -0.05) is 35.9 Å². The number of methoxy groups -OCH3 is 1. The zero-order chi connectivity index (χ0) is 21.5. The minimum atomic E-state index is -0.389. The van der Waals surface area contributed by atoms with Gasteiger partial charge in [0.15, 0.2) is 18.1 Å². The van der Waals surface area contributed by atoms with Gasteiger partial charge in [-0.05, 0) is 47.7 Å². The lowest BCUT2D eigenvalue weighted by Gasteiger charge is -2.13. The van der Waals surface area contributed by atoms with Gasteiger partial charge in [-0.3, -0.25) is 19.3 Å². The van der Waals surface area contributed by atoms with Crippen LogP contribution in [-0.2, 0) is 9.59 Å². The molecule has 7 nitrogen and oxygen atoms in total.